The van der Waals surface area contributed by atoms with Crippen molar-refractivity contribution in [3.8, 4) is 0 Å². The van der Waals surface area contributed by atoms with Crippen molar-refractivity contribution in [2.24, 2.45) is 0 Å². The van der Waals surface area contributed by atoms with Crippen molar-refractivity contribution < 1.29 is 14.7 Å². The Bertz CT molecular complexity index is 513. The molecule has 1 aliphatic rings. The Balaban J connectivity index is 1.99. The number of nitrogens with one attached hydrogen (secondary N) is 1. The summed E-state index contributed by atoms with van der Waals surface area (Å²) in [5.41, 5.74) is 1.34. The van der Waals surface area contributed by atoms with Gasteiger partial charge in [-0.2, -0.15) is 23.5 Å². The third-order valence-corrected chi connectivity index (χ3v) is 5.81. The average Bonchev–Trinajstić information content (AvgIpc) is 2.45. The van der Waals surface area contributed by atoms with Gasteiger partial charge in [0.15, 0.2) is 0 Å². The molecule has 0 spiro atoms. The lowest BCUT2D eigenvalue weighted by atomic mass is 10.1. The standard InChI is InChI=1S/C14H17NO3S2/c1-9-4-10(6-11(5-9)14(17)18)13(16)15-7-12-8-19-2-3-20-12/h4-6,12H,2-3,7-8H2,1H3,(H,15,16)(H,17,18). The zero-order valence-electron chi connectivity index (χ0n) is 11.2. The molecule has 1 aromatic rings. The number of benzene rings is 1. The van der Waals surface area contributed by atoms with Gasteiger partial charge in [0.05, 0.1) is 5.56 Å². The Morgan fingerprint density at radius 3 is 2.70 bits per heavy atom. The molecule has 1 heterocycles. The zero-order chi connectivity index (χ0) is 14.5. The van der Waals surface area contributed by atoms with Gasteiger partial charge in [0.1, 0.15) is 0 Å². The van der Waals surface area contributed by atoms with Crippen LogP contribution < -0.4 is 5.32 Å². The number of carboxylic acids is 1. The fourth-order valence-corrected chi connectivity index (χ4v) is 4.61. The third-order valence-electron chi connectivity index (χ3n) is 2.96. The van der Waals surface area contributed by atoms with Crippen LogP contribution in [0.2, 0.25) is 0 Å². The van der Waals surface area contributed by atoms with Crippen molar-refractivity contribution in [1.29, 1.82) is 0 Å². The number of hydrogen-bond donors (Lipinski definition) is 2. The van der Waals surface area contributed by atoms with Crippen LogP contribution in [0.1, 0.15) is 26.3 Å². The van der Waals surface area contributed by atoms with Crippen molar-refractivity contribution in [2.45, 2.75) is 12.2 Å². The van der Waals surface area contributed by atoms with Crippen LogP contribution in [0, 0.1) is 6.92 Å². The Morgan fingerprint density at radius 2 is 2.05 bits per heavy atom. The van der Waals surface area contributed by atoms with Crippen molar-refractivity contribution in [2.75, 3.05) is 23.8 Å². The maximum absolute atomic E-state index is 12.1. The number of aromatic carboxylic acids is 1. The number of carbonyl (C=O) groups is 2. The summed E-state index contributed by atoms with van der Waals surface area (Å²) in [5.74, 6) is 2.14. The van der Waals surface area contributed by atoms with Gasteiger partial charge < -0.3 is 10.4 Å². The highest BCUT2D eigenvalue weighted by Gasteiger charge is 2.16. The number of thioether (sulfide) groups is 2. The molecule has 1 amide bonds. The quantitative estimate of drug-likeness (QED) is 0.893. The monoisotopic (exact) mass is 311 g/mol. The van der Waals surface area contributed by atoms with E-state index in [1.165, 1.54) is 11.8 Å². The molecule has 0 saturated carbocycles. The first-order chi connectivity index (χ1) is 9.56. The summed E-state index contributed by atoms with van der Waals surface area (Å²) in [5, 5.41) is 12.4. The predicted molar refractivity (Wildman–Crippen MR) is 84.0 cm³/mol. The first-order valence-corrected chi connectivity index (χ1v) is 8.59. The SMILES string of the molecule is Cc1cc(C(=O)O)cc(C(=O)NCC2CSCCS2)c1. The van der Waals surface area contributed by atoms with Crippen LogP contribution >= 0.6 is 23.5 Å². The van der Waals surface area contributed by atoms with E-state index in [0.717, 1.165) is 17.1 Å². The van der Waals surface area contributed by atoms with Crippen molar-refractivity contribution in [1.82, 2.24) is 5.32 Å². The molecule has 1 saturated heterocycles. The van der Waals surface area contributed by atoms with Crippen LogP contribution in [0.3, 0.4) is 0 Å². The number of aryl methyl sites for hydroxylation is 1. The topological polar surface area (TPSA) is 66.4 Å². The summed E-state index contributed by atoms with van der Waals surface area (Å²) in [6.07, 6.45) is 0. The van der Waals surface area contributed by atoms with E-state index in [-0.39, 0.29) is 11.5 Å². The Labute approximate surface area is 126 Å². The molecule has 1 atom stereocenters. The minimum absolute atomic E-state index is 0.151. The molecule has 1 unspecified atom stereocenters. The molecular weight excluding hydrogens is 294 g/mol. The molecular formula is C14H17NO3S2. The van der Waals surface area contributed by atoms with Crippen LogP contribution in [0.4, 0.5) is 0 Å². The summed E-state index contributed by atoms with van der Waals surface area (Å²) in [6.45, 7) is 2.42. The van der Waals surface area contributed by atoms with E-state index >= 15 is 0 Å². The van der Waals surface area contributed by atoms with E-state index < -0.39 is 5.97 Å². The van der Waals surface area contributed by atoms with Crippen LogP contribution in [-0.4, -0.2) is 46.0 Å². The van der Waals surface area contributed by atoms with Gasteiger partial charge in [0, 0.05) is 34.6 Å². The summed E-state index contributed by atoms with van der Waals surface area (Å²) >= 11 is 3.79. The lowest BCUT2D eigenvalue weighted by Gasteiger charge is -2.21. The smallest absolute Gasteiger partial charge is 0.335 e. The number of carbonyl (C=O) groups excluding carboxylic acids is 1. The van der Waals surface area contributed by atoms with Gasteiger partial charge in [-0.3, -0.25) is 4.79 Å². The number of carboxylic acid groups (broad SMARTS) is 1. The first-order valence-electron chi connectivity index (χ1n) is 6.39. The Morgan fingerprint density at radius 1 is 1.30 bits per heavy atom. The van der Waals surface area contributed by atoms with Gasteiger partial charge in [0.25, 0.3) is 5.91 Å². The van der Waals surface area contributed by atoms with E-state index in [0.29, 0.717) is 17.4 Å². The van der Waals surface area contributed by atoms with Gasteiger partial charge in [0.2, 0.25) is 0 Å². The summed E-state index contributed by atoms with van der Waals surface area (Å²) < 4.78 is 0. The fraction of sp³-hybridized carbons (Fsp3) is 0.429. The van der Waals surface area contributed by atoms with Gasteiger partial charge in [-0.05, 0) is 30.7 Å². The maximum atomic E-state index is 12.1. The van der Waals surface area contributed by atoms with Crippen LogP contribution in [0.5, 0.6) is 0 Å². The zero-order valence-corrected chi connectivity index (χ0v) is 12.9. The Kier molecular flexibility index (Phi) is 5.37. The fourth-order valence-electron chi connectivity index (χ4n) is 2.00. The maximum Gasteiger partial charge on any atom is 0.335 e. The molecule has 2 rings (SSSR count). The number of hydrogen-bond acceptors (Lipinski definition) is 4. The van der Waals surface area contributed by atoms with Crippen molar-refractivity contribution >= 4 is 35.4 Å². The largest absolute Gasteiger partial charge is 0.478 e. The lowest BCUT2D eigenvalue weighted by molar-refractivity contribution is 0.0696. The van der Waals surface area contributed by atoms with Gasteiger partial charge in [-0.25, -0.2) is 4.79 Å². The highest BCUT2D eigenvalue weighted by Crippen LogP contribution is 2.23. The molecule has 1 fully saturated rings. The summed E-state index contributed by atoms with van der Waals surface area (Å²) in [7, 11) is 0. The minimum atomic E-state index is -1.01. The Hall–Kier alpha value is -1.14. The molecule has 0 aliphatic carbocycles. The van der Waals surface area contributed by atoms with Crippen LogP contribution in [0.15, 0.2) is 18.2 Å². The molecule has 1 aliphatic heterocycles. The summed E-state index contributed by atoms with van der Waals surface area (Å²) in [6, 6.07) is 4.70. The molecule has 20 heavy (non-hydrogen) atoms. The van der Waals surface area contributed by atoms with E-state index in [9.17, 15) is 9.59 Å². The molecule has 0 aromatic heterocycles. The van der Waals surface area contributed by atoms with E-state index in [1.54, 1.807) is 19.1 Å². The predicted octanol–water partition coefficient (Wildman–Crippen LogP) is 2.27. The van der Waals surface area contributed by atoms with E-state index in [2.05, 4.69) is 5.32 Å². The molecule has 0 bridgehead atoms. The van der Waals surface area contributed by atoms with Crippen molar-refractivity contribution in [3.05, 3.63) is 34.9 Å². The molecule has 4 nitrogen and oxygen atoms in total. The van der Waals surface area contributed by atoms with Gasteiger partial charge >= 0.3 is 5.97 Å². The average molecular weight is 311 g/mol. The van der Waals surface area contributed by atoms with Crippen molar-refractivity contribution in [3.63, 3.8) is 0 Å². The summed E-state index contributed by atoms with van der Waals surface area (Å²) in [4.78, 5) is 23.1. The van der Waals surface area contributed by atoms with Crippen LogP contribution in [0.25, 0.3) is 0 Å². The second-order valence-corrected chi connectivity index (χ2v) is 7.23. The van der Waals surface area contributed by atoms with E-state index in [4.69, 9.17) is 5.11 Å². The minimum Gasteiger partial charge on any atom is -0.478 e. The number of rotatable bonds is 4. The molecule has 1 aromatic carbocycles. The normalized spacial score (nSPS) is 18.6. The highest BCUT2D eigenvalue weighted by atomic mass is 32.2. The molecule has 6 heteroatoms. The van der Waals surface area contributed by atoms with E-state index in [1.807, 2.05) is 23.5 Å². The molecule has 0 radical (unpaired) electrons. The highest BCUT2D eigenvalue weighted by molar-refractivity contribution is 8.06. The molecule has 2 N–H and O–H groups in total. The number of amides is 1. The van der Waals surface area contributed by atoms with Gasteiger partial charge in [-0.1, -0.05) is 0 Å². The van der Waals surface area contributed by atoms with Gasteiger partial charge in [-0.15, -0.1) is 0 Å². The first kappa shape index (κ1) is 15.3. The lowest BCUT2D eigenvalue weighted by Crippen LogP contribution is -2.33. The second-order valence-electron chi connectivity index (χ2n) is 4.67. The second kappa shape index (κ2) is 7.04. The third kappa shape index (κ3) is 4.18. The molecule has 108 valence electrons. The van der Waals surface area contributed by atoms with Crippen LogP contribution in [-0.2, 0) is 0 Å².